The van der Waals surface area contributed by atoms with E-state index < -0.39 is 0 Å². The van der Waals surface area contributed by atoms with Crippen LogP contribution in [-0.4, -0.2) is 6.54 Å². The molecule has 17 heavy (non-hydrogen) atoms. The summed E-state index contributed by atoms with van der Waals surface area (Å²) in [5.41, 5.74) is 2.90. The molecule has 1 unspecified atom stereocenters. The Labute approximate surface area is 104 Å². The first-order valence-electron chi connectivity index (χ1n) is 6.83. The Morgan fingerprint density at radius 2 is 2.35 bits per heavy atom. The van der Waals surface area contributed by atoms with Crippen molar-refractivity contribution in [1.82, 2.24) is 5.32 Å². The molecule has 1 aliphatic carbocycles. The predicted octanol–water partition coefficient (Wildman–Crippen LogP) is 4.21. The summed E-state index contributed by atoms with van der Waals surface area (Å²) < 4.78 is 5.21. The van der Waals surface area contributed by atoms with Crippen molar-refractivity contribution in [3.63, 3.8) is 0 Å². The first-order chi connectivity index (χ1) is 8.40. The van der Waals surface area contributed by atoms with E-state index in [1.807, 2.05) is 6.26 Å². The Balaban J connectivity index is 1.97. The van der Waals surface area contributed by atoms with Crippen LogP contribution < -0.4 is 5.32 Å². The fourth-order valence-corrected chi connectivity index (χ4v) is 2.45. The lowest BCUT2D eigenvalue weighted by Gasteiger charge is -2.21. The maximum atomic E-state index is 5.21. The van der Waals surface area contributed by atoms with Crippen LogP contribution in [0.1, 0.15) is 57.1 Å². The van der Waals surface area contributed by atoms with Crippen LogP contribution in [0.15, 0.2) is 34.7 Å². The molecule has 0 fully saturated rings. The molecule has 1 aromatic heterocycles. The Morgan fingerprint density at radius 1 is 1.41 bits per heavy atom. The molecule has 0 amide bonds. The van der Waals surface area contributed by atoms with Gasteiger partial charge in [0, 0.05) is 11.6 Å². The lowest BCUT2D eigenvalue weighted by Crippen LogP contribution is -2.22. The zero-order valence-electron chi connectivity index (χ0n) is 10.7. The molecule has 2 heteroatoms. The van der Waals surface area contributed by atoms with Crippen LogP contribution in [0.25, 0.3) is 0 Å². The van der Waals surface area contributed by atoms with E-state index in [9.17, 15) is 0 Å². The fourth-order valence-electron chi connectivity index (χ4n) is 2.45. The van der Waals surface area contributed by atoms with Crippen molar-refractivity contribution < 1.29 is 4.42 Å². The molecule has 2 nitrogen and oxygen atoms in total. The smallest absolute Gasteiger partial charge is 0.0950 e. The van der Waals surface area contributed by atoms with Gasteiger partial charge in [-0.25, -0.2) is 0 Å². The third-order valence-corrected chi connectivity index (χ3v) is 3.44. The van der Waals surface area contributed by atoms with Crippen molar-refractivity contribution in [3.8, 4) is 0 Å². The van der Waals surface area contributed by atoms with Crippen LogP contribution in [0.3, 0.4) is 0 Å². The zero-order chi connectivity index (χ0) is 11.9. The molecule has 0 aromatic carbocycles. The van der Waals surface area contributed by atoms with Crippen LogP contribution in [-0.2, 0) is 0 Å². The van der Waals surface area contributed by atoms with Gasteiger partial charge in [-0.3, -0.25) is 0 Å². The summed E-state index contributed by atoms with van der Waals surface area (Å²) >= 11 is 0. The summed E-state index contributed by atoms with van der Waals surface area (Å²) in [5, 5.41) is 3.62. The average molecular weight is 233 g/mol. The second-order valence-electron chi connectivity index (χ2n) is 4.88. The molecule has 0 bridgehead atoms. The second-order valence-corrected chi connectivity index (χ2v) is 4.88. The highest BCUT2D eigenvalue weighted by Gasteiger charge is 2.15. The van der Waals surface area contributed by atoms with E-state index >= 15 is 0 Å². The van der Waals surface area contributed by atoms with Gasteiger partial charge >= 0.3 is 0 Å². The highest BCUT2D eigenvalue weighted by molar-refractivity contribution is 5.17. The van der Waals surface area contributed by atoms with Gasteiger partial charge in [-0.2, -0.15) is 0 Å². The van der Waals surface area contributed by atoms with Gasteiger partial charge in [-0.05, 0) is 51.1 Å². The number of nitrogens with one attached hydrogen (secondary N) is 1. The Morgan fingerprint density at radius 3 is 3.00 bits per heavy atom. The van der Waals surface area contributed by atoms with Gasteiger partial charge in [0.05, 0.1) is 12.5 Å². The van der Waals surface area contributed by atoms with Crippen molar-refractivity contribution in [2.24, 2.45) is 0 Å². The zero-order valence-corrected chi connectivity index (χ0v) is 10.7. The second kappa shape index (κ2) is 6.65. The lowest BCUT2D eigenvalue weighted by molar-refractivity contribution is 0.499. The van der Waals surface area contributed by atoms with E-state index in [0.29, 0.717) is 6.04 Å². The van der Waals surface area contributed by atoms with Crippen molar-refractivity contribution in [1.29, 1.82) is 0 Å². The van der Waals surface area contributed by atoms with Crippen LogP contribution in [0.5, 0.6) is 0 Å². The van der Waals surface area contributed by atoms with Crippen LogP contribution >= 0.6 is 0 Å². The van der Waals surface area contributed by atoms with Crippen molar-refractivity contribution in [2.75, 3.05) is 6.54 Å². The molecule has 0 radical (unpaired) electrons. The molecule has 1 N–H and O–H groups in total. The van der Waals surface area contributed by atoms with Crippen molar-refractivity contribution in [3.05, 3.63) is 35.8 Å². The highest BCUT2D eigenvalue weighted by Crippen LogP contribution is 2.27. The summed E-state index contributed by atoms with van der Waals surface area (Å²) in [6.45, 7) is 3.28. The Hall–Kier alpha value is -1.02. The molecule has 0 saturated heterocycles. The van der Waals surface area contributed by atoms with Crippen LogP contribution in [0, 0.1) is 0 Å². The standard InChI is InChI=1S/C15H23NO/c1-2-9-16-15(14-8-10-17-12-14)11-13-6-4-3-5-7-13/h6,8,10,12,15-16H,2-5,7,9,11H2,1H3. The van der Waals surface area contributed by atoms with Crippen molar-refractivity contribution >= 4 is 0 Å². The predicted molar refractivity (Wildman–Crippen MR) is 70.9 cm³/mol. The Bertz CT molecular complexity index is 340. The minimum Gasteiger partial charge on any atom is -0.472 e. The minimum absolute atomic E-state index is 0.429. The largest absolute Gasteiger partial charge is 0.472 e. The SMILES string of the molecule is CCCNC(CC1=CCCCC1)c1ccoc1. The summed E-state index contributed by atoms with van der Waals surface area (Å²) in [7, 11) is 0. The van der Waals surface area contributed by atoms with E-state index in [1.165, 1.54) is 37.7 Å². The molecule has 1 aromatic rings. The van der Waals surface area contributed by atoms with E-state index in [2.05, 4.69) is 24.4 Å². The number of hydrogen-bond donors (Lipinski definition) is 1. The molecule has 1 atom stereocenters. The molecule has 1 heterocycles. The van der Waals surface area contributed by atoms with Gasteiger partial charge in [0.25, 0.3) is 0 Å². The first-order valence-corrected chi connectivity index (χ1v) is 6.83. The van der Waals surface area contributed by atoms with Crippen LogP contribution in [0.2, 0.25) is 0 Å². The van der Waals surface area contributed by atoms with E-state index in [1.54, 1.807) is 11.8 Å². The quantitative estimate of drug-likeness (QED) is 0.744. The van der Waals surface area contributed by atoms with Gasteiger partial charge < -0.3 is 9.73 Å². The monoisotopic (exact) mass is 233 g/mol. The topological polar surface area (TPSA) is 25.2 Å². The lowest BCUT2D eigenvalue weighted by atomic mass is 9.92. The molecule has 0 aliphatic heterocycles. The highest BCUT2D eigenvalue weighted by atomic mass is 16.3. The van der Waals surface area contributed by atoms with E-state index in [-0.39, 0.29) is 0 Å². The van der Waals surface area contributed by atoms with Gasteiger partial charge in [-0.1, -0.05) is 18.6 Å². The summed E-state index contributed by atoms with van der Waals surface area (Å²) in [5.74, 6) is 0. The number of allylic oxidation sites excluding steroid dienone is 1. The molecule has 0 spiro atoms. The summed E-state index contributed by atoms with van der Waals surface area (Å²) in [6.07, 6.45) is 13.7. The molecule has 94 valence electrons. The third-order valence-electron chi connectivity index (χ3n) is 3.44. The maximum Gasteiger partial charge on any atom is 0.0950 e. The number of rotatable bonds is 6. The molecule has 1 aliphatic rings. The number of hydrogen-bond acceptors (Lipinski definition) is 2. The van der Waals surface area contributed by atoms with Gasteiger partial charge in [0.2, 0.25) is 0 Å². The molecule has 0 saturated carbocycles. The molecular weight excluding hydrogens is 210 g/mol. The molecule has 2 rings (SSSR count). The van der Waals surface area contributed by atoms with Crippen LogP contribution in [0.4, 0.5) is 0 Å². The Kier molecular flexibility index (Phi) is 4.87. The minimum atomic E-state index is 0.429. The van der Waals surface area contributed by atoms with Gasteiger partial charge in [0.1, 0.15) is 0 Å². The average Bonchev–Trinajstić information content (AvgIpc) is 2.89. The van der Waals surface area contributed by atoms with Gasteiger partial charge in [-0.15, -0.1) is 0 Å². The fraction of sp³-hybridized carbons (Fsp3) is 0.600. The summed E-state index contributed by atoms with van der Waals surface area (Å²) in [4.78, 5) is 0. The van der Waals surface area contributed by atoms with Gasteiger partial charge in [0.15, 0.2) is 0 Å². The normalized spacial score (nSPS) is 17.8. The van der Waals surface area contributed by atoms with Crippen molar-refractivity contribution in [2.45, 2.75) is 51.5 Å². The molecular formula is C15H23NO. The summed E-state index contributed by atoms with van der Waals surface area (Å²) in [6, 6.07) is 2.51. The first kappa shape index (κ1) is 12.4. The van der Waals surface area contributed by atoms with E-state index in [4.69, 9.17) is 4.42 Å². The number of furan rings is 1. The third kappa shape index (κ3) is 3.74. The van der Waals surface area contributed by atoms with E-state index in [0.717, 1.165) is 13.0 Å². The maximum absolute atomic E-state index is 5.21.